The molecule has 37 heavy (non-hydrogen) atoms. The molecule has 0 aromatic heterocycles. The minimum absolute atomic E-state index is 0.0978. The minimum atomic E-state index is -1.24. The number of anilines is 2. The van der Waals surface area contributed by atoms with E-state index in [4.69, 9.17) is 4.99 Å². The van der Waals surface area contributed by atoms with Crippen molar-refractivity contribution in [1.82, 2.24) is 5.32 Å². The zero-order valence-corrected chi connectivity index (χ0v) is 21.8. The number of nitrogens with one attached hydrogen (secondary N) is 2. The number of aryl methyl sites for hydroxylation is 2. The van der Waals surface area contributed by atoms with Crippen LogP contribution in [0.2, 0.25) is 0 Å². The average molecular weight is 497 g/mol. The summed E-state index contributed by atoms with van der Waals surface area (Å²) >= 11 is 0. The number of hydrogen-bond donors (Lipinski definition) is 2. The van der Waals surface area contributed by atoms with Crippen LogP contribution in [0.5, 0.6) is 0 Å². The molecule has 3 aromatic rings. The molecule has 0 aliphatic carbocycles. The number of carbonyl (C=O) groups is 3. The fourth-order valence-corrected chi connectivity index (χ4v) is 4.06. The summed E-state index contributed by atoms with van der Waals surface area (Å²) in [4.78, 5) is 46.2. The van der Waals surface area contributed by atoms with E-state index < -0.39 is 23.5 Å². The number of amides is 3. The van der Waals surface area contributed by atoms with Crippen molar-refractivity contribution >= 4 is 34.8 Å². The number of benzene rings is 3. The van der Waals surface area contributed by atoms with E-state index in [1.807, 2.05) is 101 Å². The molecule has 0 saturated heterocycles. The van der Waals surface area contributed by atoms with E-state index in [0.29, 0.717) is 17.1 Å². The van der Waals surface area contributed by atoms with Crippen molar-refractivity contribution < 1.29 is 14.4 Å². The largest absolute Gasteiger partial charge is 0.321 e. The summed E-state index contributed by atoms with van der Waals surface area (Å²) < 4.78 is 0. The molecule has 2 N–H and O–H groups in total. The molecule has 4 rings (SSSR count). The number of nitrogens with zero attached hydrogens (tertiary/aromatic N) is 2. The molecule has 1 heterocycles. The van der Waals surface area contributed by atoms with Crippen molar-refractivity contribution in [3.8, 4) is 0 Å². The van der Waals surface area contributed by atoms with Gasteiger partial charge in [-0.15, -0.1) is 0 Å². The molecule has 3 aromatic carbocycles. The topological polar surface area (TPSA) is 90.9 Å². The van der Waals surface area contributed by atoms with Crippen LogP contribution < -0.4 is 15.5 Å². The fourth-order valence-electron chi connectivity index (χ4n) is 4.06. The van der Waals surface area contributed by atoms with Gasteiger partial charge in [0, 0.05) is 22.2 Å². The van der Waals surface area contributed by atoms with Gasteiger partial charge in [0.2, 0.25) is 6.17 Å². The van der Waals surface area contributed by atoms with E-state index in [1.54, 1.807) is 6.07 Å². The van der Waals surface area contributed by atoms with E-state index in [-0.39, 0.29) is 12.3 Å². The lowest BCUT2D eigenvalue weighted by molar-refractivity contribution is -0.127. The van der Waals surface area contributed by atoms with Gasteiger partial charge < -0.3 is 15.5 Å². The van der Waals surface area contributed by atoms with Gasteiger partial charge in [0.1, 0.15) is 0 Å². The number of hydrogen-bond acceptors (Lipinski definition) is 4. The molecule has 1 aliphatic rings. The van der Waals surface area contributed by atoms with Gasteiger partial charge in [-0.2, -0.15) is 0 Å². The fraction of sp³-hybridized carbons (Fsp3) is 0.267. The molecule has 1 atom stereocenters. The van der Waals surface area contributed by atoms with Crippen molar-refractivity contribution in [2.45, 2.75) is 40.8 Å². The number of urea groups is 1. The van der Waals surface area contributed by atoms with Crippen LogP contribution in [0.25, 0.3) is 0 Å². The van der Waals surface area contributed by atoms with Gasteiger partial charge in [-0.3, -0.25) is 9.59 Å². The van der Waals surface area contributed by atoms with Crippen molar-refractivity contribution in [3.63, 3.8) is 0 Å². The minimum Gasteiger partial charge on any atom is -0.308 e. The zero-order valence-electron chi connectivity index (χ0n) is 21.8. The molecule has 0 bridgehead atoms. The molecular formula is C30H32N4O3. The Hall–Kier alpha value is -4.26. The standard InChI is InChI=1S/C30H32N4O3/c1-19-10-9-13-22(16-19)31-29(37)33-27-28(36)34(18-25(35)30(3,4)5)24-17-20(2)14-15-23(24)26(32-27)21-11-7-6-8-12-21/h6-17,27H,18H2,1-5H3,(H2,31,33,37). The molecule has 0 radical (unpaired) electrons. The summed E-state index contributed by atoms with van der Waals surface area (Å²) in [5.41, 5.74) is 4.56. The number of Topliss-reactive ketones (excluding diaryl/α,β-unsaturated/α-hetero) is 1. The van der Waals surface area contributed by atoms with Crippen LogP contribution in [0.1, 0.15) is 43.0 Å². The van der Waals surface area contributed by atoms with Gasteiger partial charge in [0.15, 0.2) is 5.78 Å². The zero-order chi connectivity index (χ0) is 26.7. The second-order valence-electron chi connectivity index (χ2n) is 10.3. The summed E-state index contributed by atoms with van der Waals surface area (Å²) in [5, 5.41) is 5.51. The van der Waals surface area contributed by atoms with E-state index >= 15 is 0 Å². The smallest absolute Gasteiger partial charge is 0.308 e. The first kappa shape index (κ1) is 25.8. The summed E-state index contributed by atoms with van der Waals surface area (Å²) in [6.45, 7) is 9.21. The van der Waals surface area contributed by atoms with Crippen molar-refractivity contribution in [3.05, 3.63) is 95.1 Å². The number of fused-ring (bicyclic) bond motifs is 1. The van der Waals surface area contributed by atoms with Gasteiger partial charge >= 0.3 is 6.03 Å². The Kier molecular flexibility index (Phi) is 7.25. The van der Waals surface area contributed by atoms with Crippen LogP contribution in [-0.4, -0.2) is 36.1 Å². The lowest BCUT2D eigenvalue weighted by Gasteiger charge is -2.28. The highest BCUT2D eigenvalue weighted by molar-refractivity contribution is 6.21. The Morgan fingerprint density at radius 2 is 1.62 bits per heavy atom. The third-order valence-corrected chi connectivity index (χ3v) is 6.19. The maximum absolute atomic E-state index is 13.9. The Morgan fingerprint density at radius 3 is 2.30 bits per heavy atom. The molecule has 0 spiro atoms. The second-order valence-corrected chi connectivity index (χ2v) is 10.3. The molecule has 7 heteroatoms. The normalized spacial score (nSPS) is 15.4. The van der Waals surface area contributed by atoms with Crippen molar-refractivity contribution in [1.29, 1.82) is 0 Å². The number of benzodiazepines with no additional fused rings is 1. The molecule has 3 amide bonds. The molecule has 0 saturated carbocycles. The number of aliphatic imine (C=N–C) groups is 1. The summed E-state index contributed by atoms with van der Waals surface area (Å²) in [6.07, 6.45) is -1.24. The Morgan fingerprint density at radius 1 is 0.919 bits per heavy atom. The first-order chi connectivity index (χ1) is 17.5. The number of ketones is 1. The predicted molar refractivity (Wildman–Crippen MR) is 147 cm³/mol. The summed E-state index contributed by atoms with van der Waals surface area (Å²) in [7, 11) is 0. The summed E-state index contributed by atoms with van der Waals surface area (Å²) in [5.74, 6) is -0.575. The lowest BCUT2D eigenvalue weighted by Crippen LogP contribution is -2.50. The molecule has 0 fully saturated rings. The number of carbonyl (C=O) groups excluding carboxylic acids is 3. The monoisotopic (exact) mass is 496 g/mol. The van der Waals surface area contributed by atoms with Crippen molar-refractivity contribution in [2.75, 3.05) is 16.8 Å². The van der Waals surface area contributed by atoms with Crippen LogP contribution in [0.15, 0.2) is 77.8 Å². The maximum atomic E-state index is 13.9. The lowest BCUT2D eigenvalue weighted by atomic mass is 9.90. The van der Waals surface area contributed by atoms with Crippen molar-refractivity contribution in [2.24, 2.45) is 10.4 Å². The van der Waals surface area contributed by atoms with Crippen LogP contribution >= 0.6 is 0 Å². The third kappa shape index (κ3) is 5.94. The molecule has 7 nitrogen and oxygen atoms in total. The SMILES string of the molecule is Cc1cccc(NC(=O)NC2N=C(c3ccccc3)c3ccc(C)cc3N(CC(=O)C(C)(C)C)C2=O)c1. The highest BCUT2D eigenvalue weighted by atomic mass is 16.2. The van der Waals surface area contributed by atoms with Gasteiger partial charge in [-0.25, -0.2) is 9.79 Å². The van der Waals surface area contributed by atoms with Gasteiger partial charge in [-0.1, -0.05) is 75.4 Å². The van der Waals surface area contributed by atoms with Crippen LogP contribution in [0.4, 0.5) is 16.2 Å². The molecule has 190 valence electrons. The highest BCUT2D eigenvalue weighted by Gasteiger charge is 2.36. The molecule has 1 unspecified atom stereocenters. The predicted octanol–water partition coefficient (Wildman–Crippen LogP) is 5.25. The first-order valence-corrected chi connectivity index (χ1v) is 12.3. The average Bonchev–Trinajstić information content (AvgIpc) is 2.94. The van der Waals surface area contributed by atoms with Crippen LogP contribution in [0.3, 0.4) is 0 Å². The Labute approximate surface area is 217 Å². The van der Waals surface area contributed by atoms with E-state index in [9.17, 15) is 14.4 Å². The molecule has 1 aliphatic heterocycles. The van der Waals surface area contributed by atoms with E-state index in [1.165, 1.54) is 4.90 Å². The summed E-state index contributed by atoms with van der Waals surface area (Å²) in [6, 6.07) is 22.1. The molecular weight excluding hydrogens is 464 g/mol. The second kappa shape index (κ2) is 10.4. The maximum Gasteiger partial charge on any atom is 0.321 e. The number of rotatable bonds is 5. The quantitative estimate of drug-likeness (QED) is 0.505. The first-order valence-electron chi connectivity index (χ1n) is 12.3. The van der Waals surface area contributed by atoms with Gasteiger partial charge in [-0.05, 0) is 43.2 Å². The van der Waals surface area contributed by atoms with Crippen LogP contribution in [-0.2, 0) is 9.59 Å². The Bertz CT molecular complexity index is 1370. The van der Waals surface area contributed by atoms with Gasteiger partial charge in [0.25, 0.3) is 5.91 Å². The third-order valence-electron chi connectivity index (χ3n) is 6.19. The van der Waals surface area contributed by atoms with Gasteiger partial charge in [0.05, 0.1) is 17.9 Å². The van der Waals surface area contributed by atoms with E-state index in [0.717, 1.165) is 22.3 Å². The Balaban J connectivity index is 1.78. The van der Waals surface area contributed by atoms with E-state index in [2.05, 4.69) is 10.6 Å². The highest BCUT2D eigenvalue weighted by Crippen LogP contribution is 2.30. The van der Waals surface area contributed by atoms with Crippen LogP contribution in [0, 0.1) is 19.3 Å².